The number of aromatic nitrogens is 1. The van der Waals surface area contributed by atoms with Crippen LogP contribution in [-0.4, -0.2) is 66.9 Å². The van der Waals surface area contributed by atoms with Crippen molar-refractivity contribution in [2.75, 3.05) is 38.2 Å². The summed E-state index contributed by atoms with van der Waals surface area (Å²) >= 11 is 0. The SMILES string of the molecule is Cc1cc(NC[C@H](C)NC(=O)[C@H](C)NC(=O)N2CCOCC2)no1. The molecule has 9 nitrogen and oxygen atoms in total. The first-order valence-corrected chi connectivity index (χ1v) is 8.06. The summed E-state index contributed by atoms with van der Waals surface area (Å²) in [6.45, 7) is 7.97. The van der Waals surface area contributed by atoms with Crippen LogP contribution in [0.1, 0.15) is 19.6 Å². The topological polar surface area (TPSA) is 109 Å². The molecule has 1 aliphatic heterocycles. The van der Waals surface area contributed by atoms with Gasteiger partial charge >= 0.3 is 6.03 Å². The number of nitrogens with one attached hydrogen (secondary N) is 3. The Kier molecular flexibility index (Phi) is 6.42. The highest BCUT2D eigenvalue weighted by molar-refractivity contribution is 5.86. The van der Waals surface area contributed by atoms with Gasteiger partial charge in [-0.2, -0.15) is 0 Å². The largest absolute Gasteiger partial charge is 0.378 e. The number of anilines is 1. The van der Waals surface area contributed by atoms with Gasteiger partial charge in [0.15, 0.2) is 5.82 Å². The molecule has 24 heavy (non-hydrogen) atoms. The molecule has 1 saturated heterocycles. The van der Waals surface area contributed by atoms with Gasteiger partial charge in [-0.05, 0) is 20.8 Å². The van der Waals surface area contributed by atoms with E-state index in [9.17, 15) is 9.59 Å². The third kappa shape index (κ3) is 5.41. The number of morpholine rings is 1. The van der Waals surface area contributed by atoms with Crippen LogP contribution in [0.2, 0.25) is 0 Å². The highest BCUT2D eigenvalue weighted by atomic mass is 16.5. The summed E-state index contributed by atoms with van der Waals surface area (Å²) in [6.07, 6.45) is 0. The quantitative estimate of drug-likeness (QED) is 0.689. The Balaban J connectivity index is 1.70. The van der Waals surface area contributed by atoms with Crippen molar-refractivity contribution in [1.29, 1.82) is 0 Å². The predicted molar refractivity (Wildman–Crippen MR) is 87.7 cm³/mol. The van der Waals surface area contributed by atoms with Gasteiger partial charge in [-0.15, -0.1) is 0 Å². The van der Waals surface area contributed by atoms with E-state index >= 15 is 0 Å². The fraction of sp³-hybridized carbons (Fsp3) is 0.667. The number of rotatable bonds is 6. The third-order valence-corrected chi connectivity index (χ3v) is 3.64. The van der Waals surface area contributed by atoms with Gasteiger partial charge in [-0.3, -0.25) is 4.79 Å². The summed E-state index contributed by atoms with van der Waals surface area (Å²) in [5.41, 5.74) is 0. The Morgan fingerprint density at radius 3 is 2.62 bits per heavy atom. The van der Waals surface area contributed by atoms with Crippen LogP contribution in [0, 0.1) is 6.92 Å². The zero-order chi connectivity index (χ0) is 17.5. The van der Waals surface area contributed by atoms with Crippen LogP contribution in [-0.2, 0) is 9.53 Å². The van der Waals surface area contributed by atoms with E-state index in [-0.39, 0.29) is 18.0 Å². The number of hydrogen-bond acceptors (Lipinski definition) is 6. The fourth-order valence-corrected chi connectivity index (χ4v) is 2.23. The molecule has 0 saturated carbocycles. The lowest BCUT2D eigenvalue weighted by atomic mass is 10.2. The number of aryl methyl sites for hydroxylation is 1. The molecule has 1 aromatic rings. The molecule has 1 aromatic heterocycles. The number of nitrogens with zero attached hydrogens (tertiary/aromatic N) is 2. The van der Waals surface area contributed by atoms with Gasteiger partial charge in [0, 0.05) is 31.7 Å². The fourth-order valence-electron chi connectivity index (χ4n) is 2.23. The van der Waals surface area contributed by atoms with E-state index in [0.29, 0.717) is 44.4 Å². The van der Waals surface area contributed by atoms with Crippen molar-refractivity contribution in [1.82, 2.24) is 20.7 Å². The maximum absolute atomic E-state index is 12.2. The summed E-state index contributed by atoms with van der Waals surface area (Å²) in [5, 5.41) is 12.4. The monoisotopic (exact) mass is 339 g/mol. The van der Waals surface area contributed by atoms with Gasteiger partial charge in [-0.1, -0.05) is 5.16 Å². The van der Waals surface area contributed by atoms with E-state index in [4.69, 9.17) is 9.26 Å². The molecule has 2 heterocycles. The molecule has 2 atom stereocenters. The van der Waals surface area contributed by atoms with Crippen LogP contribution in [0.15, 0.2) is 10.6 Å². The zero-order valence-electron chi connectivity index (χ0n) is 14.3. The Morgan fingerprint density at radius 2 is 2.00 bits per heavy atom. The van der Waals surface area contributed by atoms with Gasteiger partial charge in [0.25, 0.3) is 0 Å². The zero-order valence-corrected chi connectivity index (χ0v) is 14.3. The van der Waals surface area contributed by atoms with Crippen LogP contribution in [0.3, 0.4) is 0 Å². The number of carbonyl (C=O) groups excluding carboxylic acids is 2. The van der Waals surface area contributed by atoms with Gasteiger partial charge in [0.05, 0.1) is 13.2 Å². The van der Waals surface area contributed by atoms with Crippen LogP contribution < -0.4 is 16.0 Å². The molecule has 0 unspecified atom stereocenters. The first kappa shape index (κ1) is 18.1. The first-order chi connectivity index (χ1) is 11.5. The summed E-state index contributed by atoms with van der Waals surface area (Å²) in [4.78, 5) is 25.9. The van der Waals surface area contributed by atoms with E-state index in [1.807, 2.05) is 13.8 Å². The van der Waals surface area contributed by atoms with Crippen molar-refractivity contribution in [2.45, 2.75) is 32.9 Å². The maximum Gasteiger partial charge on any atom is 0.318 e. The van der Waals surface area contributed by atoms with Crippen LogP contribution in [0.5, 0.6) is 0 Å². The van der Waals surface area contributed by atoms with Crippen molar-refractivity contribution in [3.05, 3.63) is 11.8 Å². The van der Waals surface area contributed by atoms with Gasteiger partial charge in [0.1, 0.15) is 11.8 Å². The molecule has 3 amide bonds. The minimum atomic E-state index is -0.614. The normalized spacial score (nSPS) is 17.0. The lowest BCUT2D eigenvalue weighted by molar-refractivity contribution is -0.123. The molecule has 3 N–H and O–H groups in total. The van der Waals surface area contributed by atoms with Gasteiger partial charge in [-0.25, -0.2) is 4.79 Å². The molecule has 0 bridgehead atoms. The van der Waals surface area contributed by atoms with Crippen molar-refractivity contribution >= 4 is 17.8 Å². The Morgan fingerprint density at radius 1 is 1.29 bits per heavy atom. The Labute approximate surface area is 141 Å². The molecule has 134 valence electrons. The smallest absolute Gasteiger partial charge is 0.318 e. The molecule has 1 fully saturated rings. The molecule has 9 heteroatoms. The summed E-state index contributed by atoms with van der Waals surface area (Å²) in [6, 6.07) is 0.791. The number of carbonyl (C=O) groups is 2. The summed E-state index contributed by atoms with van der Waals surface area (Å²) < 4.78 is 10.2. The minimum absolute atomic E-state index is 0.128. The van der Waals surface area contributed by atoms with Crippen LogP contribution in [0.4, 0.5) is 10.6 Å². The maximum atomic E-state index is 12.2. The van der Waals surface area contributed by atoms with Gasteiger partial charge in [0.2, 0.25) is 5.91 Å². The molecule has 2 rings (SSSR count). The minimum Gasteiger partial charge on any atom is -0.378 e. The number of amides is 3. The van der Waals surface area contributed by atoms with E-state index < -0.39 is 6.04 Å². The van der Waals surface area contributed by atoms with Crippen molar-refractivity contribution in [2.24, 2.45) is 0 Å². The molecule has 1 aliphatic rings. The van der Waals surface area contributed by atoms with Crippen LogP contribution >= 0.6 is 0 Å². The third-order valence-electron chi connectivity index (χ3n) is 3.64. The summed E-state index contributed by atoms with van der Waals surface area (Å²) in [5.74, 6) is 1.11. The number of ether oxygens (including phenoxy) is 1. The number of hydrogen-bond donors (Lipinski definition) is 3. The van der Waals surface area contributed by atoms with Crippen molar-refractivity contribution in [3.63, 3.8) is 0 Å². The lowest BCUT2D eigenvalue weighted by Gasteiger charge is -2.28. The highest BCUT2D eigenvalue weighted by Crippen LogP contribution is 2.06. The molecule has 0 radical (unpaired) electrons. The first-order valence-electron chi connectivity index (χ1n) is 8.06. The average Bonchev–Trinajstić information content (AvgIpc) is 2.99. The molecule has 0 spiro atoms. The number of urea groups is 1. The van der Waals surface area contributed by atoms with E-state index in [0.717, 1.165) is 0 Å². The second kappa shape index (κ2) is 8.53. The van der Waals surface area contributed by atoms with Gasteiger partial charge < -0.3 is 30.1 Å². The highest BCUT2D eigenvalue weighted by Gasteiger charge is 2.22. The molecular weight excluding hydrogens is 314 g/mol. The van der Waals surface area contributed by atoms with Crippen molar-refractivity contribution < 1.29 is 18.8 Å². The van der Waals surface area contributed by atoms with E-state index in [1.165, 1.54) is 0 Å². The predicted octanol–water partition coefficient (Wildman–Crippen LogP) is 0.330. The standard InChI is InChI=1S/C15H25N5O4/c1-10(9-16-13-8-11(2)24-19-13)17-14(21)12(3)18-15(22)20-4-6-23-7-5-20/h8,10,12H,4-7,9H2,1-3H3,(H,16,19)(H,17,21)(H,18,22)/t10-,12-/m0/s1. The van der Waals surface area contributed by atoms with E-state index in [2.05, 4.69) is 21.1 Å². The molecular formula is C15H25N5O4. The second-order valence-corrected chi connectivity index (χ2v) is 5.88. The molecule has 0 aromatic carbocycles. The van der Waals surface area contributed by atoms with Crippen molar-refractivity contribution in [3.8, 4) is 0 Å². The molecule has 0 aliphatic carbocycles. The lowest BCUT2D eigenvalue weighted by Crippen LogP contribution is -2.53. The van der Waals surface area contributed by atoms with E-state index in [1.54, 1.807) is 17.9 Å². The average molecular weight is 339 g/mol. The Bertz CT molecular complexity index is 556. The Hall–Kier alpha value is -2.29. The second-order valence-electron chi connectivity index (χ2n) is 5.88. The van der Waals surface area contributed by atoms with Crippen LogP contribution in [0.25, 0.3) is 0 Å². The summed E-state index contributed by atoms with van der Waals surface area (Å²) in [7, 11) is 0.